The van der Waals surface area contributed by atoms with Gasteiger partial charge >= 0.3 is 5.97 Å². The molecule has 0 aliphatic heterocycles. The highest BCUT2D eigenvalue weighted by atomic mass is 16.5. The van der Waals surface area contributed by atoms with Crippen molar-refractivity contribution in [1.82, 2.24) is 10.2 Å². The molecule has 16 heavy (non-hydrogen) atoms. The van der Waals surface area contributed by atoms with Crippen LogP contribution in [0.3, 0.4) is 0 Å². The summed E-state index contributed by atoms with van der Waals surface area (Å²) < 4.78 is 5.22. The maximum Gasteiger partial charge on any atom is 0.322 e. The van der Waals surface area contributed by atoms with Crippen molar-refractivity contribution < 1.29 is 14.6 Å². The Hall–Kier alpha value is -0.650. The van der Waals surface area contributed by atoms with Crippen molar-refractivity contribution >= 4 is 5.97 Å². The highest BCUT2D eigenvalue weighted by molar-refractivity contribution is 5.73. The molecule has 0 saturated carbocycles. The molecule has 2 N–H and O–H groups in total. The first-order valence-electron chi connectivity index (χ1n) is 5.84. The van der Waals surface area contributed by atoms with Crippen LogP contribution >= 0.6 is 0 Å². The lowest BCUT2D eigenvalue weighted by molar-refractivity contribution is -0.140. The van der Waals surface area contributed by atoms with E-state index in [0.29, 0.717) is 19.8 Å². The van der Waals surface area contributed by atoms with Gasteiger partial charge in [-0.3, -0.25) is 4.79 Å². The van der Waals surface area contributed by atoms with Gasteiger partial charge in [0.2, 0.25) is 0 Å². The first-order chi connectivity index (χ1) is 7.61. The average molecular weight is 232 g/mol. The van der Waals surface area contributed by atoms with Crippen molar-refractivity contribution in [3.05, 3.63) is 0 Å². The highest BCUT2D eigenvalue weighted by Crippen LogP contribution is 1.91. The molecular formula is C11H24N2O3. The maximum absolute atomic E-state index is 11.0. The number of aliphatic carboxylic acids is 1. The van der Waals surface area contributed by atoms with Crippen molar-refractivity contribution in [3.8, 4) is 0 Å². The van der Waals surface area contributed by atoms with Gasteiger partial charge in [-0.25, -0.2) is 0 Å². The van der Waals surface area contributed by atoms with Crippen LogP contribution in [-0.4, -0.2) is 61.9 Å². The average Bonchev–Trinajstić information content (AvgIpc) is 2.24. The van der Waals surface area contributed by atoms with Crippen LogP contribution in [0.1, 0.15) is 20.3 Å². The number of nitrogens with zero attached hydrogens (tertiary/aromatic N) is 1. The molecule has 0 aliphatic carbocycles. The molecular weight excluding hydrogens is 208 g/mol. The van der Waals surface area contributed by atoms with E-state index in [2.05, 4.69) is 5.32 Å². The van der Waals surface area contributed by atoms with Crippen LogP contribution in [0, 0.1) is 0 Å². The van der Waals surface area contributed by atoms with E-state index in [-0.39, 0.29) is 0 Å². The van der Waals surface area contributed by atoms with Crippen LogP contribution < -0.4 is 5.32 Å². The molecule has 0 rings (SSSR count). The van der Waals surface area contributed by atoms with E-state index >= 15 is 0 Å². The van der Waals surface area contributed by atoms with Gasteiger partial charge in [-0.1, -0.05) is 6.92 Å². The molecule has 1 unspecified atom stereocenters. The molecule has 96 valence electrons. The number of carboxylic acids is 1. The van der Waals surface area contributed by atoms with Gasteiger partial charge < -0.3 is 20.1 Å². The minimum Gasteiger partial charge on any atom is -0.480 e. The van der Waals surface area contributed by atoms with Gasteiger partial charge in [-0.15, -0.1) is 0 Å². The molecule has 0 radical (unpaired) electrons. The molecule has 1 atom stereocenters. The summed E-state index contributed by atoms with van der Waals surface area (Å²) in [4.78, 5) is 12.9. The first-order valence-corrected chi connectivity index (χ1v) is 5.84. The van der Waals surface area contributed by atoms with Crippen molar-refractivity contribution in [2.24, 2.45) is 0 Å². The molecule has 0 aromatic heterocycles. The van der Waals surface area contributed by atoms with Crippen molar-refractivity contribution in [3.63, 3.8) is 0 Å². The Kier molecular flexibility index (Phi) is 9.18. The minimum absolute atomic E-state index is 0.494. The summed E-state index contributed by atoms with van der Waals surface area (Å²) in [5.74, 6) is -0.795. The molecule has 0 spiro atoms. The Labute approximate surface area is 97.8 Å². The normalized spacial score (nSPS) is 13.0. The quantitative estimate of drug-likeness (QED) is 0.534. The third-order valence-electron chi connectivity index (χ3n) is 2.25. The lowest BCUT2D eigenvalue weighted by Gasteiger charge is -2.21. The molecule has 0 heterocycles. The third-order valence-corrected chi connectivity index (χ3v) is 2.25. The van der Waals surface area contributed by atoms with Gasteiger partial charge in [0, 0.05) is 19.7 Å². The summed E-state index contributed by atoms with van der Waals surface area (Å²) in [6.07, 6.45) is 0.937. The molecule has 0 fully saturated rings. The van der Waals surface area contributed by atoms with Crippen LogP contribution in [0.25, 0.3) is 0 Å². The number of likely N-dealkylation sites (N-methyl/N-ethyl adjacent to an activating group) is 1. The predicted octanol–water partition coefficient (Wildman–Crippen LogP) is 0.408. The van der Waals surface area contributed by atoms with E-state index in [1.807, 2.05) is 25.8 Å². The Balaban J connectivity index is 3.83. The third kappa shape index (κ3) is 7.62. The minimum atomic E-state index is -0.795. The maximum atomic E-state index is 11.0. The Morgan fingerprint density at radius 1 is 1.50 bits per heavy atom. The lowest BCUT2D eigenvalue weighted by Crippen LogP contribution is -2.46. The van der Waals surface area contributed by atoms with E-state index in [0.717, 1.165) is 19.5 Å². The Bertz CT molecular complexity index is 188. The van der Waals surface area contributed by atoms with E-state index < -0.39 is 12.0 Å². The van der Waals surface area contributed by atoms with Crippen LogP contribution in [0.15, 0.2) is 0 Å². The van der Waals surface area contributed by atoms with Crippen LogP contribution in [0.2, 0.25) is 0 Å². The number of nitrogens with one attached hydrogen (secondary N) is 1. The van der Waals surface area contributed by atoms with Gasteiger partial charge in [-0.05, 0) is 26.9 Å². The van der Waals surface area contributed by atoms with E-state index in [1.165, 1.54) is 0 Å². The van der Waals surface area contributed by atoms with Gasteiger partial charge in [0.25, 0.3) is 0 Å². The van der Waals surface area contributed by atoms with E-state index in [9.17, 15) is 4.79 Å². The van der Waals surface area contributed by atoms with Crippen molar-refractivity contribution in [1.29, 1.82) is 0 Å². The van der Waals surface area contributed by atoms with Crippen molar-refractivity contribution in [2.75, 3.05) is 39.9 Å². The fraction of sp³-hybridized carbons (Fsp3) is 0.909. The second-order valence-corrected chi connectivity index (χ2v) is 3.80. The van der Waals surface area contributed by atoms with Gasteiger partial charge in [0.15, 0.2) is 0 Å². The molecule has 0 bridgehead atoms. The van der Waals surface area contributed by atoms with E-state index in [1.54, 1.807) is 0 Å². The summed E-state index contributed by atoms with van der Waals surface area (Å²) in [6.45, 7) is 7.30. The smallest absolute Gasteiger partial charge is 0.322 e. The zero-order valence-corrected chi connectivity index (χ0v) is 10.5. The monoisotopic (exact) mass is 232 g/mol. The number of carbonyl (C=O) groups is 1. The van der Waals surface area contributed by atoms with Crippen LogP contribution in [-0.2, 0) is 9.53 Å². The second kappa shape index (κ2) is 9.57. The first kappa shape index (κ1) is 15.3. The number of hydrogen-bond donors (Lipinski definition) is 2. The molecule has 0 aromatic rings. The molecule has 5 heteroatoms. The van der Waals surface area contributed by atoms with Gasteiger partial charge in [0.1, 0.15) is 6.04 Å². The molecule has 0 amide bonds. The number of rotatable bonds is 10. The molecule has 0 aliphatic rings. The van der Waals surface area contributed by atoms with Gasteiger partial charge in [0.05, 0.1) is 6.61 Å². The molecule has 5 nitrogen and oxygen atoms in total. The summed E-state index contributed by atoms with van der Waals surface area (Å²) >= 11 is 0. The number of carboxylic acid groups (broad SMARTS) is 1. The zero-order chi connectivity index (χ0) is 12.4. The zero-order valence-electron chi connectivity index (χ0n) is 10.5. The summed E-state index contributed by atoms with van der Waals surface area (Å²) in [6, 6.07) is -0.494. The largest absolute Gasteiger partial charge is 0.480 e. The Morgan fingerprint density at radius 3 is 2.69 bits per heavy atom. The number of ether oxygens (including phenoxy) is 1. The molecule has 0 aromatic carbocycles. The van der Waals surface area contributed by atoms with Crippen molar-refractivity contribution in [2.45, 2.75) is 26.3 Å². The van der Waals surface area contributed by atoms with Crippen LogP contribution in [0.5, 0.6) is 0 Å². The lowest BCUT2D eigenvalue weighted by atomic mass is 10.2. The fourth-order valence-electron chi connectivity index (χ4n) is 1.32. The van der Waals surface area contributed by atoms with E-state index in [4.69, 9.17) is 9.84 Å². The second-order valence-electron chi connectivity index (χ2n) is 3.80. The van der Waals surface area contributed by atoms with Crippen LogP contribution in [0.4, 0.5) is 0 Å². The summed E-state index contributed by atoms with van der Waals surface area (Å²) in [7, 11) is 1.91. The topological polar surface area (TPSA) is 61.8 Å². The van der Waals surface area contributed by atoms with Gasteiger partial charge in [-0.2, -0.15) is 0 Å². The molecule has 0 saturated heterocycles. The summed E-state index contributed by atoms with van der Waals surface area (Å²) in [5, 5.41) is 12.0. The SMILES string of the molecule is CCCNC(CN(C)CCOCC)C(=O)O. The summed E-state index contributed by atoms with van der Waals surface area (Å²) in [5.41, 5.74) is 0. The highest BCUT2D eigenvalue weighted by Gasteiger charge is 2.17. The Morgan fingerprint density at radius 2 is 2.19 bits per heavy atom. The fourth-order valence-corrected chi connectivity index (χ4v) is 1.32. The standard InChI is InChI=1S/C11H24N2O3/c1-4-6-12-10(11(14)15)9-13(3)7-8-16-5-2/h10,12H,4-9H2,1-3H3,(H,14,15). The number of hydrogen-bond acceptors (Lipinski definition) is 4. The predicted molar refractivity (Wildman–Crippen MR) is 63.7 cm³/mol.